The third kappa shape index (κ3) is 1.81. The minimum absolute atomic E-state index is 0.204. The summed E-state index contributed by atoms with van der Waals surface area (Å²) in [4.78, 5) is 0. The molecule has 0 aliphatic carbocycles. The number of hydrogen-bond acceptors (Lipinski definition) is 0. The first-order valence-corrected chi connectivity index (χ1v) is 3.71. The molecule has 58 valence electrons. The van der Waals surface area contributed by atoms with E-state index in [1.165, 1.54) is 11.6 Å². The second-order valence-electron chi connectivity index (χ2n) is 2.27. The normalized spacial score (nSPS) is 10.8. The van der Waals surface area contributed by atoms with Gasteiger partial charge < -0.3 is 0 Å². The van der Waals surface area contributed by atoms with Gasteiger partial charge in [0.05, 0.1) is 0 Å². The predicted octanol–water partition coefficient (Wildman–Crippen LogP) is 3.34. The fraction of sp³-hybridized carbons (Fsp3) is 0.111. The second-order valence-corrected chi connectivity index (χ2v) is 2.52. The Bertz CT molecular complexity index is 279. The van der Waals surface area contributed by atoms with Crippen molar-refractivity contribution in [2.45, 2.75) is 6.92 Å². The van der Waals surface area contributed by atoms with Gasteiger partial charge in [-0.2, -0.15) is 0 Å². The van der Waals surface area contributed by atoms with Crippen molar-refractivity contribution in [3.63, 3.8) is 0 Å². The molecule has 11 heavy (non-hydrogen) atoms. The van der Waals surface area contributed by atoms with Crippen LogP contribution in [0.1, 0.15) is 11.1 Å². The van der Waals surface area contributed by atoms with Crippen LogP contribution in [0.4, 0.5) is 4.39 Å². The van der Waals surface area contributed by atoms with Crippen molar-refractivity contribution in [1.82, 2.24) is 0 Å². The van der Waals surface area contributed by atoms with Gasteiger partial charge in [0, 0.05) is 11.1 Å². The molecule has 0 amide bonds. The summed E-state index contributed by atoms with van der Waals surface area (Å²) in [6.07, 6.45) is 1.53. The minimum Gasteiger partial charge on any atom is -0.206 e. The van der Waals surface area contributed by atoms with E-state index in [0.29, 0.717) is 11.1 Å². The van der Waals surface area contributed by atoms with E-state index in [9.17, 15) is 4.39 Å². The van der Waals surface area contributed by atoms with Crippen LogP contribution in [-0.4, -0.2) is 0 Å². The monoisotopic (exact) mass is 170 g/mol. The molecule has 0 aromatic heterocycles. The molecule has 1 aromatic rings. The van der Waals surface area contributed by atoms with Gasteiger partial charge in [0.25, 0.3) is 0 Å². The molecule has 0 heterocycles. The molecule has 0 unspecified atom stereocenters. The van der Waals surface area contributed by atoms with Crippen LogP contribution in [-0.2, 0) is 0 Å². The fourth-order valence-electron chi connectivity index (χ4n) is 0.867. The average molecular weight is 171 g/mol. The van der Waals surface area contributed by atoms with Crippen molar-refractivity contribution in [3.05, 3.63) is 40.7 Å². The first kappa shape index (κ1) is 8.28. The lowest BCUT2D eigenvalue weighted by Gasteiger charge is -1.98. The lowest BCUT2D eigenvalue weighted by molar-refractivity contribution is 0.616. The van der Waals surface area contributed by atoms with Crippen LogP contribution in [0, 0.1) is 12.7 Å². The van der Waals surface area contributed by atoms with E-state index < -0.39 is 0 Å². The zero-order valence-electron chi connectivity index (χ0n) is 6.14. The molecule has 0 bridgehead atoms. The van der Waals surface area contributed by atoms with Crippen molar-refractivity contribution >= 4 is 17.7 Å². The number of hydrogen-bond donors (Lipinski definition) is 0. The summed E-state index contributed by atoms with van der Waals surface area (Å²) in [7, 11) is 0. The maximum Gasteiger partial charge on any atom is 0.133 e. The summed E-state index contributed by atoms with van der Waals surface area (Å²) in [5.41, 5.74) is 2.47. The van der Waals surface area contributed by atoms with Crippen molar-refractivity contribution in [2.24, 2.45) is 0 Å². The molecule has 1 rings (SSSR count). The topological polar surface area (TPSA) is 0 Å². The third-order valence-corrected chi connectivity index (χ3v) is 1.59. The molecule has 0 saturated heterocycles. The van der Waals surface area contributed by atoms with E-state index in [2.05, 4.69) is 0 Å². The number of halogens is 2. The molecular formula is C9H8ClF. The molecule has 0 atom stereocenters. The zero-order valence-corrected chi connectivity index (χ0v) is 6.90. The molecular weight excluding hydrogens is 163 g/mol. The maximum absolute atomic E-state index is 13.1. The first-order chi connectivity index (χ1) is 5.25. The highest BCUT2D eigenvalue weighted by Crippen LogP contribution is 2.13. The molecule has 2 heteroatoms. The van der Waals surface area contributed by atoms with Gasteiger partial charge in [-0.15, -0.1) is 0 Å². The van der Waals surface area contributed by atoms with Crippen LogP contribution < -0.4 is 0 Å². The number of rotatable bonds is 1. The molecule has 0 aliphatic heterocycles. The van der Waals surface area contributed by atoms with Crippen LogP contribution in [0.5, 0.6) is 0 Å². The van der Waals surface area contributed by atoms with E-state index >= 15 is 0 Å². The molecule has 0 fully saturated rings. The Labute approximate surface area is 70.3 Å². The Hall–Kier alpha value is -0.820. The Morgan fingerprint density at radius 2 is 2.18 bits per heavy atom. The predicted molar refractivity (Wildman–Crippen MR) is 46.0 cm³/mol. The van der Waals surface area contributed by atoms with Gasteiger partial charge in [0.1, 0.15) is 5.82 Å². The first-order valence-electron chi connectivity index (χ1n) is 3.27. The van der Waals surface area contributed by atoms with Crippen molar-refractivity contribution < 1.29 is 4.39 Å². The van der Waals surface area contributed by atoms with E-state index in [4.69, 9.17) is 11.6 Å². The summed E-state index contributed by atoms with van der Waals surface area (Å²) < 4.78 is 13.1. The molecule has 0 aliphatic rings. The highest BCUT2D eigenvalue weighted by Gasteiger charge is 1.99. The van der Waals surface area contributed by atoms with E-state index in [1.54, 1.807) is 25.1 Å². The Morgan fingerprint density at radius 3 is 2.82 bits per heavy atom. The quantitative estimate of drug-likeness (QED) is 0.607. The molecule has 0 radical (unpaired) electrons. The highest BCUT2D eigenvalue weighted by atomic mass is 35.5. The van der Waals surface area contributed by atoms with Gasteiger partial charge in [0.2, 0.25) is 0 Å². The van der Waals surface area contributed by atoms with Crippen LogP contribution in [0.15, 0.2) is 23.7 Å². The maximum atomic E-state index is 13.1. The smallest absolute Gasteiger partial charge is 0.133 e. The lowest BCUT2D eigenvalue weighted by Crippen LogP contribution is -1.85. The summed E-state index contributed by atoms with van der Waals surface area (Å²) in [6.45, 7) is 1.72. The van der Waals surface area contributed by atoms with Gasteiger partial charge in [-0.05, 0) is 18.6 Å². The van der Waals surface area contributed by atoms with Crippen molar-refractivity contribution in [1.29, 1.82) is 0 Å². The Balaban J connectivity index is 3.16. The summed E-state index contributed by atoms with van der Waals surface area (Å²) in [5, 5.41) is 0. The molecule has 0 nitrogen and oxygen atoms in total. The minimum atomic E-state index is -0.204. The summed E-state index contributed by atoms with van der Waals surface area (Å²) >= 11 is 5.31. The second kappa shape index (κ2) is 3.54. The van der Waals surface area contributed by atoms with Crippen LogP contribution in [0.25, 0.3) is 6.08 Å². The van der Waals surface area contributed by atoms with E-state index in [0.717, 1.165) is 0 Å². The molecule has 0 spiro atoms. The summed E-state index contributed by atoms with van der Waals surface area (Å²) in [6, 6.07) is 5.20. The third-order valence-electron chi connectivity index (χ3n) is 1.46. The van der Waals surface area contributed by atoms with Crippen molar-refractivity contribution in [2.75, 3.05) is 0 Å². The SMILES string of the molecule is Cc1cccc(C=CCl)c1F. The van der Waals surface area contributed by atoms with Gasteiger partial charge in [-0.25, -0.2) is 4.39 Å². The van der Waals surface area contributed by atoms with E-state index in [-0.39, 0.29) is 5.82 Å². The van der Waals surface area contributed by atoms with Crippen LogP contribution in [0.3, 0.4) is 0 Å². The Morgan fingerprint density at radius 1 is 1.45 bits per heavy atom. The Kier molecular flexibility index (Phi) is 2.66. The molecule has 1 aromatic carbocycles. The largest absolute Gasteiger partial charge is 0.206 e. The molecule has 0 N–H and O–H groups in total. The van der Waals surface area contributed by atoms with Crippen molar-refractivity contribution in [3.8, 4) is 0 Å². The van der Waals surface area contributed by atoms with Gasteiger partial charge >= 0.3 is 0 Å². The average Bonchev–Trinajstić information content (AvgIpc) is 1.99. The van der Waals surface area contributed by atoms with Crippen LogP contribution >= 0.6 is 11.6 Å². The van der Waals surface area contributed by atoms with Gasteiger partial charge in [-0.3, -0.25) is 0 Å². The number of aryl methyl sites for hydroxylation is 1. The van der Waals surface area contributed by atoms with Crippen LogP contribution in [0.2, 0.25) is 0 Å². The highest BCUT2D eigenvalue weighted by molar-refractivity contribution is 6.27. The fourth-order valence-corrected chi connectivity index (χ4v) is 1.00. The van der Waals surface area contributed by atoms with Gasteiger partial charge in [-0.1, -0.05) is 29.8 Å². The number of benzene rings is 1. The van der Waals surface area contributed by atoms with Gasteiger partial charge in [0.15, 0.2) is 0 Å². The molecule has 0 saturated carbocycles. The lowest BCUT2D eigenvalue weighted by atomic mass is 10.1. The zero-order chi connectivity index (χ0) is 8.27. The standard InChI is InChI=1S/C9H8ClF/c1-7-3-2-4-8(5-6-10)9(7)11/h2-6H,1H3. The van der Waals surface area contributed by atoms with E-state index in [1.807, 2.05) is 0 Å². The summed E-state index contributed by atoms with van der Waals surface area (Å²) in [5.74, 6) is -0.204.